The summed E-state index contributed by atoms with van der Waals surface area (Å²) in [6.07, 6.45) is 0.730. The number of nitriles is 1. The number of benzene rings is 1. The van der Waals surface area contributed by atoms with E-state index in [0.717, 1.165) is 12.0 Å². The van der Waals surface area contributed by atoms with Crippen LogP contribution in [-0.2, 0) is 17.0 Å². The van der Waals surface area contributed by atoms with Crippen molar-refractivity contribution in [1.82, 2.24) is 0 Å². The van der Waals surface area contributed by atoms with Crippen LogP contribution in [0.5, 0.6) is 0 Å². The molecule has 0 bridgehead atoms. The highest BCUT2D eigenvalue weighted by Crippen LogP contribution is 2.22. The molecular weight excluding hydrogens is 226 g/mol. The minimum atomic E-state index is -0.463. The first-order valence-electron chi connectivity index (χ1n) is 4.88. The Bertz CT molecular complexity index is 449. The van der Waals surface area contributed by atoms with Crippen molar-refractivity contribution in [2.45, 2.75) is 19.2 Å². The highest BCUT2D eigenvalue weighted by Gasteiger charge is 2.17. The molecule has 84 valence electrons. The number of halogens is 1. The van der Waals surface area contributed by atoms with Crippen LogP contribution in [0.15, 0.2) is 12.1 Å². The fourth-order valence-electron chi connectivity index (χ4n) is 1.57. The van der Waals surface area contributed by atoms with Gasteiger partial charge in [0.15, 0.2) is 0 Å². The van der Waals surface area contributed by atoms with Gasteiger partial charge in [-0.15, -0.1) is 11.6 Å². The molecule has 4 heteroatoms. The third-order valence-corrected chi connectivity index (χ3v) is 2.70. The summed E-state index contributed by atoms with van der Waals surface area (Å²) in [6.45, 7) is 1.95. The number of alkyl halides is 1. The molecule has 0 saturated heterocycles. The van der Waals surface area contributed by atoms with Crippen molar-refractivity contribution in [2.75, 3.05) is 7.11 Å². The van der Waals surface area contributed by atoms with E-state index in [4.69, 9.17) is 16.9 Å². The predicted octanol–water partition coefficient (Wildman–Crippen LogP) is 2.65. The first-order chi connectivity index (χ1) is 7.69. The van der Waals surface area contributed by atoms with E-state index in [-0.39, 0.29) is 5.88 Å². The minimum absolute atomic E-state index is 0.126. The number of hydrogen-bond donors (Lipinski definition) is 0. The van der Waals surface area contributed by atoms with Crippen molar-refractivity contribution in [3.8, 4) is 6.07 Å². The molecule has 0 unspecified atom stereocenters. The molecule has 0 aliphatic heterocycles. The van der Waals surface area contributed by atoms with Crippen molar-refractivity contribution in [2.24, 2.45) is 0 Å². The number of carbonyl (C=O) groups is 1. The van der Waals surface area contributed by atoms with E-state index >= 15 is 0 Å². The number of carbonyl (C=O) groups excluding carboxylic acids is 1. The SMILES string of the molecule is CCc1ccc(C(=O)OC)c(CCl)c1C#N. The fraction of sp³-hybridized carbons (Fsp3) is 0.333. The Morgan fingerprint density at radius 1 is 1.56 bits per heavy atom. The lowest BCUT2D eigenvalue weighted by atomic mass is 9.96. The van der Waals surface area contributed by atoms with Crippen LogP contribution in [0.1, 0.15) is 34.0 Å². The summed E-state index contributed by atoms with van der Waals surface area (Å²) in [5.74, 6) is -0.337. The fourth-order valence-corrected chi connectivity index (χ4v) is 1.85. The van der Waals surface area contributed by atoms with Crippen LogP contribution in [0.25, 0.3) is 0 Å². The summed E-state index contributed by atoms with van der Waals surface area (Å²) < 4.78 is 4.64. The number of ether oxygens (including phenoxy) is 1. The zero-order chi connectivity index (χ0) is 12.1. The summed E-state index contributed by atoms with van der Waals surface area (Å²) in [4.78, 5) is 11.5. The minimum Gasteiger partial charge on any atom is -0.465 e. The van der Waals surface area contributed by atoms with Gasteiger partial charge in [-0.05, 0) is 23.6 Å². The van der Waals surface area contributed by atoms with E-state index in [9.17, 15) is 4.79 Å². The summed E-state index contributed by atoms with van der Waals surface area (Å²) in [5.41, 5.74) is 2.30. The van der Waals surface area contributed by atoms with E-state index in [1.165, 1.54) is 7.11 Å². The van der Waals surface area contributed by atoms with Crippen molar-refractivity contribution < 1.29 is 9.53 Å². The Kier molecular flexibility index (Phi) is 4.33. The number of rotatable bonds is 3. The molecule has 3 nitrogen and oxygen atoms in total. The van der Waals surface area contributed by atoms with Crippen LogP contribution < -0.4 is 0 Å². The van der Waals surface area contributed by atoms with Crippen molar-refractivity contribution in [3.05, 3.63) is 34.4 Å². The molecule has 0 spiro atoms. The Balaban J connectivity index is 3.44. The molecule has 0 heterocycles. The molecule has 0 amide bonds. The molecule has 1 aromatic carbocycles. The lowest BCUT2D eigenvalue weighted by Crippen LogP contribution is -2.08. The first kappa shape index (κ1) is 12.5. The van der Waals surface area contributed by atoms with Gasteiger partial charge in [0.05, 0.1) is 24.3 Å². The van der Waals surface area contributed by atoms with Crippen LogP contribution in [0.2, 0.25) is 0 Å². The van der Waals surface area contributed by atoms with Gasteiger partial charge in [-0.1, -0.05) is 13.0 Å². The number of aryl methyl sites for hydroxylation is 1. The smallest absolute Gasteiger partial charge is 0.338 e. The van der Waals surface area contributed by atoms with Crippen molar-refractivity contribution in [1.29, 1.82) is 5.26 Å². The van der Waals surface area contributed by atoms with Crippen molar-refractivity contribution >= 4 is 17.6 Å². The van der Waals surface area contributed by atoms with Crippen LogP contribution in [-0.4, -0.2) is 13.1 Å². The van der Waals surface area contributed by atoms with E-state index in [2.05, 4.69) is 10.8 Å². The maximum absolute atomic E-state index is 11.5. The largest absolute Gasteiger partial charge is 0.465 e. The second-order valence-electron chi connectivity index (χ2n) is 3.22. The number of hydrogen-bond acceptors (Lipinski definition) is 3. The molecule has 0 saturated carbocycles. The Morgan fingerprint density at radius 2 is 2.25 bits per heavy atom. The van der Waals surface area contributed by atoms with Crippen LogP contribution in [0, 0.1) is 11.3 Å². The number of nitrogens with zero attached hydrogens (tertiary/aromatic N) is 1. The monoisotopic (exact) mass is 237 g/mol. The maximum Gasteiger partial charge on any atom is 0.338 e. The standard InChI is InChI=1S/C12H12ClNO2/c1-3-8-4-5-9(12(15)16-2)10(6-13)11(8)7-14/h4-5H,3,6H2,1-2H3. The molecule has 1 rings (SSSR count). The molecule has 0 N–H and O–H groups in total. The average Bonchev–Trinajstić information content (AvgIpc) is 2.35. The average molecular weight is 238 g/mol. The first-order valence-corrected chi connectivity index (χ1v) is 5.42. The van der Waals surface area contributed by atoms with Gasteiger partial charge in [0.25, 0.3) is 0 Å². The zero-order valence-corrected chi connectivity index (χ0v) is 9.97. The third-order valence-electron chi connectivity index (χ3n) is 2.43. The second kappa shape index (κ2) is 5.53. The summed E-state index contributed by atoms with van der Waals surface area (Å²) in [5, 5.41) is 9.08. The molecule has 1 aromatic rings. The van der Waals surface area contributed by atoms with E-state index < -0.39 is 5.97 Å². The van der Waals surface area contributed by atoms with E-state index in [1.54, 1.807) is 12.1 Å². The van der Waals surface area contributed by atoms with Gasteiger partial charge >= 0.3 is 5.97 Å². The molecule has 0 fully saturated rings. The summed E-state index contributed by atoms with van der Waals surface area (Å²) in [7, 11) is 1.31. The number of esters is 1. The highest BCUT2D eigenvalue weighted by atomic mass is 35.5. The van der Waals surface area contributed by atoms with E-state index in [1.807, 2.05) is 6.92 Å². The topological polar surface area (TPSA) is 50.1 Å². The van der Waals surface area contributed by atoms with Gasteiger partial charge in [-0.2, -0.15) is 5.26 Å². The van der Waals surface area contributed by atoms with Crippen LogP contribution >= 0.6 is 11.6 Å². The van der Waals surface area contributed by atoms with Crippen LogP contribution in [0.3, 0.4) is 0 Å². The zero-order valence-electron chi connectivity index (χ0n) is 9.21. The number of methoxy groups -OCH3 is 1. The Labute approximate surface area is 99.6 Å². The van der Waals surface area contributed by atoms with Crippen LogP contribution in [0.4, 0.5) is 0 Å². The maximum atomic E-state index is 11.5. The Morgan fingerprint density at radius 3 is 2.69 bits per heavy atom. The van der Waals surface area contributed by atoms with Gasteiger partial charge in [-0.25, -0.2) is 4.79 Å². The second-order valence-corrected chi connectivity index (χ2v) is 3.48. The van der Waals surface area contributed by atoms with Gasteiger partial charge in [0.1, 0.15) is 0 Å². The lowest BCUT2D eigenvalue weighted by Gasteiger charge is -2.10. The van der Waals surface area contributed by atoms with Gasteiger partial charge in [0, 0.05) is 5.88 Å². The van der Waals surface area contributed by atoms with Crippen molar-refractivity contribution in [3.63, 3.8) is 0 Å². The third kappa shape index (κ3) is 2.17. The van der Waals surface area contributed by atoms with Gasteiger partial charge in [-0.3, -0.25) is 0 Å². The molecule has 16 heavy (non-hydrogen) atoms. The molecule has 0 aliphatic rings. The Hall–Kier alpha value is -1.53. The lowest BCUT2D eigenvalue weighted by molar-refractivity contribution is 0.0599. The molecule has 0 radical (unpaired) electrons. The normalized spacial score (nSPS) is 9.62. The summed E-state index contributed by atoms with van der Waals surface area (Å²) in [6, 6.07) is 5.51. The molecule has 0 aromatic heterocycles. The molecule has 0 atom stereocenters. The van der Waals surface area contributed by atoms with E-state index in [0.29, 0.717) is 16.7 Å². The predicted molar refractivity (Wildman–Crippen MR) is 61.4 cm³/mol. The molecular formula is C12H12ClNO2. The van der Waals surface area contributed by atoms with Gasteiger partial charge in [0.2, 0.25) is 0 Å². The molecule has 0 aliphatic carbocycles. The highest BCUT2D eigenvalue weighted by molar-refractivity contribution is 6.18. The van der Waals surface area contributed by atoms with Gasteiger partial charge < -0.3 is 4.74 Å². The quantitative estimate of drug-likeness (QED) is 0.600. The summed E-state index contributed by atoms with van der Waals surface area (Å²) >= 11 is 5.79.